The van der Waals surface area contributed by atoms with Gasteiger partial charge in [-0.1, -0.05) is 30.3 Å². The summed E-state index contributed by atoms with van der Waals surface area (Å²) in [6.07, 6.45) is 0. The second-order valence-electron chi connectivity index (χ2n) is 4.64. The Morgan fingerprint density at radius 3 is 2.65 bits per heavy atom. The smallest absolute Gasteiger partial charge is 0.124 e. The standard InChI is InChI=1S/C16H22N2O2/c1-19-10-9-18-14(11-17)16-13-6-4-3-5-12(13)7-8-15(16)20-2/h3-8,14,18H,9-11,17H2,1-2H3. The van der Waals surface area contributed by atoms with Crippen molar-refractivity contribution in [2.45, 2.75) is 6.04 Å². The second-order valence-corrected chi connectivity index (χ2v) is 4.64. The van der Waals surface area contributed by atoms with Gasteiger partial charge in [0.1, 0.15) is 5.75 Å². The van der Waals surface area contributed by atoms with Crippen LogP contribution in [-0.2, 0) is 4.74 Å². The second kappa shape index (κ2) is 7.24. The molecule has 1 atom stereocenters. The maximum Gasteiger partial charge on any atom is 0.124 e. The molecule has 2 rings (SSSR count). The third-order valence-electron chi connectivity index (χ3n) is 3.43. The van der Waals surface area contributed by atoms with Gasteiger partial charge in [-0.2, -0.15) is 0 Å². The zero-order valence-corrected chi connectivity index (χ0v) is 12.1. The highest BCUT2D eigenvalue weighted by Gasteiger charge is 2.17. The van der Waals surface area contributed by atoms with Crippen molar-refractivity contribution in [2.75, 3.05) is 33.9 Å². The summed E-state index contributed by atoms with van der Waals surface area (Å²) in [6, 6.07) is 12.4. The SMILES string of the molecule is COCCNC(CN)c1c(OC)ccc2ccccc12. The fourth-order valence-electron chi connectivity index (χ4n) is 2.45. The van der Waals surface area contributed by atoms with Gasteiger partial charge in [0.05, 0.1) is 13.7 Å². The topological polar surface area (TPSA) is 56.5 Å². The third kappa shape index (κ3) is 3.10. The number of benzene rings is 2. The Bertz CT molecular complexity index is 557. The molecular weight excluding hydrogens is 252 g/mol. The van der Waals surface area contributed by atoms with E-state index in [0.717, 1.165) is 17.9 Å². The molecule has 20 heavy (non-hydrogen) atoms. The minimum Gasteiger partial charge on any atom is -0.496 e. The van der Waals surface area contributed by atoms with Crippen LogP contribution in [-0.4, -0.2) is 33.9 Å². The van der Waals surface area contributed by atoms with E-state index in [2.05, 4.69) is 23.5 Å². The predicted octanol–water partition coefficient (Wildman–Crippen LogP) is 2.08. The van der Waals surface area contributed by atoms with E-state index in [0.29, 0.717) is 13.2 Å². The highest BCUT2D eigenvalue weighted by Crippen LogP contribution is 2.32. The van der Waals surface area contributed by atoms with Crippen LogP contribution in [0.25, 0.3) is 10.8 Å². The number of ether oxygens (including phenoxy) is 2. The molecule has 0 radical (unpaired) electrons. The van der Waals surface area contributed by atoms with Crippen LogP contribution >= 0.6 is 0 Å². The maximum atomic E-state index is 5.94. The third-order valence-corrected chi connectivity index (χ3v) is 3.43. The molecule has 1 unspecified atom stereocenters. The number of rotatable bonds is 7. The Kier molecular flexibility index (Phi) is 5.35. The molecule has 0 amide bonds. The number of hydrogen-bond donors (Lipinski definition) is 2. The van der Waals surface area contributed by atoms with E-state index in [4.69, 9.17) is 15.2 Å². The molecule has 108 valence electrons. The van der Waals surface area contributed by atoms with Gasteiger partial charge < -0.3 is 20.5 Å². The van der Waals surface area contributed by atoms with Gasteiger partial charge in [0.15, 0.2) is 0 Å². The summed E-state index contributed by atoms with van der Waals surface area (Å²) >= 11 is 0. The summed E-state index contributed by atoms with van der Waals surface area (Å²) in [5.41, 5.74) is 7.06. The largest absolute Gasteiger partial charge is 0.496 e. The van der Waals surface area contributed by atoms with Crippen LogP contribution in [0.4, 0.5) is 0 Å². The van der Waals surface area contributed by atoms with Crippen LogP contribution in [0.5, 0.6) is 5.75 Å². The van der Waals surface area contributed by atoms with Crippen LogP contribution < -0.4 is 15.8 Å². The number of methoxy groups -OCH3 is 2. The van der Waals surface area contributed by atoms with Crippen LogP contribution in [0, 0.1) is 0 Å². The van der Waals surface area contributed by atoms with E-state index in [9.17, 15) is 0 Å². The van der Waals surface area contributed by atoms with E-state index < -0.39 is 0 Å². The molecule has 0 saturated heterocycles. The van der Waals surface area contributed by atoms with Crippen molar-refractivity contribution >= 4 is 10.8 Å². The first kappa shape index (κ1) is 14.8. The lowest BCUT2D eigenvalue weighted by Gasteiger charge is -2.21. The number of nitrogens with one attached hydrogen (secondary N) is 1. The predicted molar refractivity (Wildman–Crippen MR) is 82.2 cm³/mol. The Hall–Kier alpha value is -1.62. The van der Waals surface area contributed by atoms with Gasteiger partial charge in [-0.15, -0.1) is 0 Å². The molecule has 0 saturated carbocycles. The number of nitrogens with two attached hydrogens (primary N) is 1. The first-order valence-electron chi connectivity index (χ1n) is 6.79. The van der Waals surface area contributed by atoms with Gasteiger partial charge in [-0.05, 0) is 16.8 Å². The van der Waals surface area contributed by atoms with E-state index in [-0.39, 0.29) is 6.04 Å². The molecule has 2 aromatic rings. The summed E-state index contributed by atoms with van der Waals surface area (Å²) in [6.45, 7) is 1.92. The summed E-state index contributed by atoms with van der Waals surface area (Å²) in [4.78, 5) is 0. The fraction of sp³-hybridized carbons (Fsp3) is 0.375. The minimum absolute atomic E-state index is 0.0474. The van der Waals surface area contributed by atoms with Crippen molar-refractivity contribution < 1.29 is 9.47 Å². The minimum atomic E-state index is 0.0474. The van der Waals surface area contributed by atoms with Crippen molar-refractivity contribution in [2.24, 2.45) is 5.73 Å². The quantitative estimate of drug-likeness (QED) is 0.759. The average Bonchev–Trinajstić information content (AvgIpc) is 2.51. The zero-order chi connectivity index (χ0) is 14.4. The van der Waals surface area contributed by atoms with Crippen molar-refractivity contribution in [3.05, 3.63) is 42.0 Å². The van der Waals surface area contributed by atoms with Crippen LogP contribution in [0.1, 0.15) is 11.6 Å². The molecule has 0 aliphatic carbocycles. The first-order chi connectivity index (χ1) is 9.81. The molecule has 0 fully saturated rings. The van der Waals surface area contributed by atoms with Gasteiger partial charge in [0, 0.05) is 31.8 Å². The molecule has 0 aliphatic rings. The van der Waals surface area contributed by atoms with Gasteiger partial charge in [-0.3, -0.25) is 0 Å². The van der Waals surface area contributed by atoms with Gasteiger partial charge in [-0.25, -0.2) is 0 Å². The summed E-state index contributed by atoms with van der Waals surface area (Å²) in [7, 11) is 3.38. The molecule has 2 aromatic carbocycles. The normalized spacial score (nSPS) is 12.6. The molecule has 0 aliphatic heterocycles. The van der Waals surface area contributed by atoms with E-state index in [1.54, 1.807) is 14.2 Å². The zero-order valence-electron chi connectivity index (χ0n) is 12.1. The molecule has 3 N–H and O–H groups in total. The van der Waals surface area contributed by atoms with Crippen molar-refractivity contribution in [3.63, 3.8) is 0 Å². The lowest BCUT2D eigenvalue weighted by Crippen LogP contribution is -2.31. The fourth-order valence-corrected chi connectivity index (χ4v) is 2.45. The Labute approximate surface area is 119 Å². The van der Waals surface area contributed by atoms with Crippen LogP contribution in [0.3, 0.4) is 0 Å². The number of fused-ring (bicyclic) bond motifs is 1. The maximum absolute atomic E-state index is 5.94. The monoisotopic (exact) mass is 274 g/mol. The van der Waals surface area contributed by atoms with Crippen molar-refractivity contribution in [3.8, 4) is 5.75 Å². The van der Waals surface area contributed by atoms with Crippen molar-refractivity contribution in [1.29, 1.82) is 0 Å². The van der Waals surface area contributed by atoms with Gasteiger partial charge in [0.25, 0.3) is 0 Å². The molecule has 0 bridgehead atoms. The van der Waals surface area contributed by atoms with Crippen molar-refractivity contribution in [1.82, 2.24) is 5.32 Å². The summed E-state index contributed by atoms with van der Waals surface area (Å²) < 4.78 is 10.6. The van der Waals surface area contributed by atoms with E-state index in [1.807, 2.05) is 18.2 Å². The lowest BCUT2D eigenvalue weighted by molar-refractivity contribution is 0.196. The molecule has 0 heterocycles. The molecule has 4 heteroatoms. The average molecular weight is 274 g/mol. The van der Waals surface area contributed by atoms with Gasteiger partial charge in [0.2, 0.25) is 0 Å². The molecule has 0 aromatic heterocycles. The number of hydrogen-bond acceptors (Lipinski definition) is 4. The van der Waals surface area contributed by atoms with E-state index in [1.165, 1.54) is 10.8 Å². The highest BCUT2D eigenvalue weighted by molar-refractivity contribution is 5.88. The lowest BCUT2D eigenvalue weighted by atomic mass is 9.97. The highest BCUT2D eigenvalue weighted by atomic mass is 16.5. The molecule has 0 spiro atoms. The molecular formula is C16H22N2O2. The van der Waals surface area contributed by atoms with Crippen LogP contribution in [0.2, 0.25) is 0 Å². The van der Waals surface area contributed by atoms with Gasteiger partial charge >= 0.3 is 0 Å². The Balaban J connectivity index is 2.42. The van der Waals surface area contributed by atoms with Crippen LogP contribution in [0.15, 0.2) is 36.4 Å². The Morgan fingerprint density at radius 1 is 1.15 bits per heavy atom. The summed E-state index contributed by atoms with van der Waals surface area (Å²) in [5, 5.41) is 5.79. The summed E-state index contributed by atoms with van der Waals surface area (Å²) in [5.74, 6) is 0.865. The van der Waals surface area contributed by atoms with E-state index >= 15 is 0 Å². The Morgan fingerprint density at radius 2 is 1.95 bits per heavy atom. The molecule has 4 nitrogen and oxygen atoms in total. The first-order valence-corrected chi connectivity index (χ1v) is 6.79.